The number of hydrogen-bond donors (Lipinski definition) is 2. The van der Waals surface area contributed by atoms with Crippen LogP contribution in [0.15, 0.2) is 12.1 Å². The molecule has 14 heavy (non-hydrogen) atoms. The highest BCUT2D eigenvalue weighted by Crippen LogP contribution is 2.28. The van der Waals surface area contributed by atoms with E-state index in [1.54, 1.807) is 0 Å². The minimum Gasteiger partial charge on any atom is -0.388 e. The fourth-order valence-corrected chi connectivity index (χ4v) is 2.27. The number of aliphatic hydroxyl groups excluding tert-OH is 1. The van der Waals surface area contributed by atoms with Crippen molar-refractivity contribution < 1.29 is 5.11 Å². The quantitative estimate of drug-likeness (QED) is 0.741. The minimum absolute atomic E-state index is 0.378. The Morgan fingerprint density at radius 3 is 2.86 bits per heavy atom. The average molecular weight is 234 g/mol. The summed E-state index contributed by atoms with van der Waals surface area (Å²) < 4.78 is 0.737. The van der Waals surface area contributed by atoms with Crippen molar-refractivity contribution in [2.24, 2.45) is 0 Å². The lowest BCUT2D eigenvalue weighted by Gasteiger charge is -2.08. The van der Waals surface area contributed by atoms with Gasteiger partial charge in [-0.25, -0.2) is 0 Å². The van der Waals surface area contributed by atoms with Crippen LogP contribution in [0.5, 0.6) is 0 Å². The second-order valence-corrected chi connectivity index (χ2v) is 4.94. The van der Waals surface area contributed by atoms with Crippen molar-refractivity contribution in [2.45, 2.75) is 25.9 Å². The molecular weight excluding hydrogens is 218 g/mol. The van der Waals surface area contributed by atoms with Crippen molar-refractivity contribution in [3.05, 3.63) is 21.3 Å². The van der Waals surface area contributed by atoms with E-state index in [-0.39, 0.29) is 6.10 Å². The van der Waals surface area contributed by atoms with E-state index in [0.29, 0.717) is 0 Å². The summed E-state index contributed by atoms with van der Waals surface area (Å²) in [5, 5.41) is 13.0. The number of nitrogens with one attached hydrogen (secondary N) is 1. The van der Waals surface area contributed by atoms with E-state index in [1.165, 1.54) is 11.3 Å². The highest BCUT2D eigenvalue weighted by atomic mass is 35.5. The summed E-state index contributed by atoms with van der Waals surface area (Å²) in [4.78, 5) is 0.952. The zero-order valence-electron chi connectivity index (χ0n) is 8.29. The Hall–Kier alpha value is -0.0900. The lowest BCUT2D eigenvalue weighted by atomic mass is 10.2. The average Bonchev–Trinajstić information content (AvgIpc) is 2.59. The molecular formula is C10H16ClNOS. The maximum Gasteiger partial charge on any atom is 0.0932 e. The highest BCUT2D eigenvalue weighted by Gasteiger charge is 2.09. The number of thiophene rings is 1. The van der Waals surface area contributed by atoms with Crippen molar-refractivity contribution in [3.63, 3.8) is 0 Å². The van der Waals surface area contributed by atoms with E-state index in [1.807, 2.05) is 12.1 Å². The van der Waals surface area contributed by atoms with Gasteiger partial charge in [-0.15, -0.1) is 11.3 Å². The van der Waals surface area contributed by atoms with Gasteiger partial charge < -0.3 is 10.4 Å². The summed E-state index contributed by atoms with van der Waals surface area (Å²) in [6.45, 7) is 3.99. The van der Waals surface area contributed by atoms with Gasteiger partial charge in [0, 0.05) is 4.88 Å². The molecule has 1 heterocycles. The van der Waals surface area contributed by atoms with Crippen LogP contribution in [-0.4, -0.2) is 18.2 Å². The molecule has 1 rings (SSSR count). The molecule has 0 amide bonds. The molecule has 2 nitrogen and oxygen atoms in total. The first kappa shape index (κ1) is 12.0. The summed E-state index contributed by atoms with van der Waals surface area (Å²) in [6, 6.07) is 3.71. The van der Waals surface area contributed by atoms with Gasteiger partial charge in [-0.2, -0.15) is 0 Å². The van der Waals surface area contributed by atoms with Gasteiger partial charge in [0.15, 0.2) is 0 Å². The Bertz CT molecular complexity index is 264. The maximum atomic E-state index is 9.74. The summed E-state index contributed by atoms with van der Waals surface area (Å²) in [6.07, 6.45) is 1.49. The Kier molecular flexibility index (Phi) is 5.48. The van der Waals surface area contributed by atoms with Crippen LogP contribution in [0.1, 0.15) is 30.7 Å². The van der Waals surface area contributed by atoms with E-state index in [9.17, 15) is 5.11 Å². The molecule has 2 N–H and O–H groups in total. The predicted octanol–water partition coefficient (Wildman–Crippen LogP) is 2.82. The monoisotopic (exact) mass is 233 g/mol. The van der Waals surface area contributed by atoms with Crippen LogP contribution in [0.25, 0.3) is 0 Å². The molecule has 0 aliphatic rings. The van der Waals surface area contributed by atoms with Gasteiger partial charge >= 0.3 is 0 Å². The summed E-state index contributed by atoms with van der Waals surface area (Å²) >= 11 is 7.23. The van der Waals surface area contributed by atoms with E-state index in [0.717, 1.165) is 35.1 Å². The third-order valence-corrected chi connectivity index (χ3v) is 3.28. The zero-order valence-corrected chi connectivity index (χ0v) is 9.87. The first-order valence-corrected chi connectivity index (χ1v) is 6.07. The number of halogens is 1. The smallest absolute Gasteiger partial charge is 0.0932 e. The van der Waals surface area contributed by atoms with Crippen LogP contribution in [0.2, 0.25) is 4.34 Å². The number of aliphatic hydroxyl groups is 1. The molecule has 80 valence electrons. The zero-order chi connectivity index (χ0) is 10.4. The molecule has 4 heteroatoms. The van der Waals surface area contributed by atoms with Crippen molar-refractivity contribution in [2.75, 3.05) is 13.1 Å². The third kappa shape index (κ3) is 3.96. The molecule has 0 fully saturated rings. The number of hydrogen-bond acceptors (Lipinski definition) is 3. The van der Waals surface area contributed by atoms with Crippen molar-refractivity contribution in [3.8, 4) is 0 Å². The first-order valence-electron chi connectivity index (χ1n) is 4.88. The van der Waals surface area contributed by atoms with Crippen molar-refractivity contribution in [1.29, 1.82) is 0 Å². The highest BCUT2D eigenvalue weighted by molar-refractivity contribution is 7.16. The molecule has 1 aromatic rings. The molecule has 0 radical (unpaired) electrons. The molecule has 0 aliphatic carbocycles. The maximum absolute atomic E-state index is 9.74. The van der Waals surface area contributed by atoms with Gasteiger partial charge in [0.1, 0.15) is 0 Å². The standard InChI is InChI=1S/C10H16ClNOS/c1-2-6-12-7-5-8(13)9-3-4-10(11)14-9/h3-4,8,12-13H,2,5-7H2,1H3. The Balaban J connectivity index is 2.25. The lowest BCUT2D eigenvalue weighted by molar-refractivity contribution is 0.170. The van der Waals surface area contributed by atoms with E-state index in [4.69, 9.17) is 11.6 Å². The van der Waals surface area contributed by atoms with Crippen LogP contribution < -0.4 is 5.32 Å². The van der Waals surface area contributed by atoms with Crippen molar-refractivity contribution in [1.82, 2.24) is 5.32 Å². The van der Waals surface area contributed by atoms with Gasteiger partial charge in [-0.05, 0) is 38.1 Å². The van der Waals surface area contributed by atoms with Gasteiger partial charge in [0.25, 0.3) is 0 Å². The molecule has 0 aromatic carbocycles. The van der Waals surface area contributed by atoms with Crippen molar-refractivity contribution >= 4 is 22.9 Å². The normalized spacial score (nSPS) is 13.1. The first-order chi connectivity index (χ1) is 6.74. The predicted molar refractivity (Wildman–Crippen MR) is 62.1 cm³/mol. The van der Waals surface area contributed by atoms with E-state index >= 15 is 0 Å². The number of rotatable bonds is 6. The third-order valence-electron chi connectivity index (χ3n) is 1.94. The fraction of sp³-hybridized carbons (Fsp3) is 0.600. The molecule has 1 aromatic heterocycles. The SMILES string of the molecule is CCCNCCC(O)c1ccc(Cl)s1. The molecule has 0 aliphatic heterocycles. The second kappa shape index (κ2) is 6.40. The molecule has 0 saturated carbocycles. The van der Waals surface area contributed by atoms with Gasteiger partial charge in [0.2, 0.25) is 0 Å². The van der Waals surface area contributed by atoms with E-state index < -0.39 is 0 Å². The van der Waals surface area contributed by atoms with Gasteiger partial charge in [-0.1, -0.05) is 18.5 Å². The van der Waals surface area contributed by atoms with Gasteiger partial charge in [0.05, 0.1) is 10.4 Å². The van der Waals surface area contributed by atoms with Crippen LogP contribution in [0.3, 0.4) is 0 Å². The molecule has 1 unspecified atom stereocenters. The van der Waals surface area contributed by atoms with E-state index in [2.05, 4.69) is 12.2 Å². The summed E-state index contributed by atoms with van der Waals surface area (Å²) in [5.41, 5.74) is 0. The van der Waals surface area contributed by atoms with Crippen LogP contribution >= 0.6 is 22.9 Å². The van der Waals surface area contributed by atoms with Gasteiger partial charge in [-0.3, -0.25) is 0 Å². The molecule has 1 atom stereocenters. The van der Waals surface area contributed by atoms with Crippen LogP contribution in [-0.2, 0) is 0 Å². The Morgan fingerprint density at radius 1 is 1.50 bits per heavy atom. The molecule has 0 bridgehead atoms. The minimum atomic E-state index is -0.378. The summed E-state index contributed by atoms with van der Waals surface area (Å²) in [5.74, 6) is 0. The van der Waals surface area contributed by atoms with Crippen LogP contribution in [0.4, 0.5) is 0 Å². The fourth-order valence-electron chi connectivity index (χ4n) is 1.19. The Labute approximate surface area is 93.9 Å². The lowest BCUT2D eigenvalue weighted by Crippen LogP contribution is -2.17. The summed E-state index contributed by atoms with van der Waals surface area (Å²) in [7, 11) is 0. The topological polar surface area (TPSA) is 32.3 Å². The second-order valence-electron chi connectivity index (χ2n) is 3.20. The van der Waals surface area contributed by atoms with Crippen LogP contribution in [0, 0.1) is 0 Å². The largest absolute Gasteiger partial charge is 0.388 e. The molecule has 0 saturated heterocycles. The Morgan fingerprint density at radius 2 is 2.29 bits per heavy atom. The molecule has 0 spiro atoms.